The molecule has 1 aromatic rings. The molecule has 0 saturated carbocycles. The van der Waals surface area contributed by atoms with Gasteiger partial charge in [0.2, 0.25) is 0 Å². The molecule has 0 amide bonds. The third kappa shape index (κ3) is 4.82. The summed E-state index contributed by atoms with van der Waals surface area (Å²) >= 11 is 0. The molecule has 0 radical (unpaired) electrons. The Morgan fingerprint density at radius 2 is 2.00 bits per heavy atom. The number of Topliss-reactive ketones (excluding diaryl/α,β-unsaturated/α-hetero) is 1. The fourth-order valence-electron chi connectivity index (χ4n) is 2.41. The first-order valence-corrected chi connectivity index (χ1v) is 7.94. The summed E-state index contributed by atoms with van der Waals surface area (Å²) in [6, 6.07) is 6.43. The van der Waals surface area contributed by atoms with Gasteiger partial charge in [-0.25, -0.2) is 0 Å². The molecule has 2 heteroatoms. The van der Waals surface area contributed by atoms with E-state index in [1.807, 2.05) is 32.3 Å². The number of nitrogens with one attached hydrogen (secondary N) is 1. The Balaban J connectivity index is 3.65. The molecular weight excluding hydrogens is 282 g/mol. The first kappa shape index (κ1) is 18.7. The summed E-state index contributed by atoms with van der Waals surface area (Å²) in [5, 5.41) is 2.97. The average Bonchev–Trinajstić information content (AvgIpc) is 2.54. The van der Waals surface area contributed by atoms with Crippen LogP contribution < -0.4 is 5.32 Å². The Labute approximate surface area is 140 Å². The minimum atomic E-state index is 0.0756. The van der Waals surface area contributed by atoms with Gasteiger partial charge in [0.15, 0.2) is 5.78 Å². The Morgan fingerprint density at radius 1 is 1.30 bits per heavy atom. The highest BCUT2D eigenvalue weighted by molar-refractivity contribution is 6.05. The number of hydrogen-bond acceptors (Lipinski definition) is 2. The van der Waals surface area contributed by atoms with Crippen LogP contribution in [0.15, 0.2) is 60.4 Å². The molecule has 0 aliphatic carbocycles. The molecule has 0 aromatic heterocycles. The zero-order valence-corrected chi connectivity index (χ0v) is 14.9. The van der Waals surface area contributed by atoms with E-state index in [0.29, 0.717) is 0 Å². The molecule has 1 N–H and O–H groups in total. The predicted octanol–water partition coefficient (Wildman–Crippen LogP) is 4.77. The molecule has 0 bridgehead atoms. The summed E-state index contributed by atoms with van der Waals surface area (Å²) in [5.74, 6) is 0.0756. The van der Waals surface area contributed by atoms with Gasteiger partial charge in [-0.15, -0.1) is 0 Å². The number of allylic oxidation sites excluding steroid dienone is 6. The minimum absolute atomic E-state index is 0.0756. The van der Waals surface area contributed by atoms with Gasteiger partial charge in [0.05, 0.1) is 0 Å². The van der Waals surface area contributed by atoms with Crippen LogP contribution in [0.4, 0.5) is 0 Å². The predicted molar refractivity (Wildman–Crippen MR) is 100 cm³/mol. The van der Waals surface area contributed by atoms with Crippen LogP contribution in [0.25, 0.3) is 5.57 Å². The van der Waals surface area contributed by atoms with Gasteiger partial charge < -0.3 is 5.32 Å². The summed E-state index contributed by atoms with van der Waals surface area (Å²) < 4.78 is 0. The van der Waals surface area contributed by atoms with Gasteiger partial charge in [-0.05, 0) is 67.3 Å². The van der Waals surface area contributed by atoms with Gasteiger partial charge in [0.1, 0.15) is 0 Å². The largest absolute Gasteiger partial charge is 0.394 e. The van der Waals surface area contributed by atoms with E-state index in [4.69, 9.17) is 0 Å². The summed E-state index contributed by atoms with van der Waals surface area (Å²) in [6.45, 7) is 11.6. The zero-order valence-electron chi connectivity index (χ0n) is 14.9. The lowest BCUT2D eigenvalue weighted by molar-refractivity contribution is -0.113. The Hall–Kier alpha value is -2.35. The van der Waals surface area contributed by atoms with E-state index in [0.717, 1.165) is 34.3 Å². The van der Waals surface area contributed by atoms with Crippen molar-refractivity contribution in [1.82, 2.24) is 5.32 Å². The molecule has 0 saturated heterocycles. The zero-order chi connectivity index (χ0) is 17.4. The van der Waals surface area contributed by atoms with Crippen molar-refractivity contribution in [3.8, 4) is 0 Å². The molecule has 0 aliphatic heterocycles. The van der Waals surface area contributed by atoms with Crippen LogP contribution in [0.5, 0.6) is 0 Å². The van der Waals surface area contributed by atoms with E-state index in [1.165, 1.54) is 5.56 Å². The van der Waals surface area contributed by atoms with E-state index >= 15 is 0 Å². The second-order valence-electron chi connectivity index (χ2n) is 5.53. The molecule has 1 rings (SSSR count). The molecule has 1 aromatic carbocycles. The third-order valence-electron chi connectivity index (χ3n) is 3.93. The van der Waals surface area contributed by atoms with Gasteiger partial charge in [0, 0.05) is 12.6 Å². The first-order valence-electron chi connectivity index (χ1n) is 7.94. The number of ketones is 1. The second-order valence-corrected chi connectivity index (χ2v) is 5.53. The molecular formula is C21H27NO. The van der Waals surface area contributed by atoms with Crippen LogP contribution in [0.2, 0.25) is 0 Å². The lowest BCUT2D eigenvalue weighted by Gasteiger charge is -2.16. The van der Waals surface area contributed by atoms with Crippen LogP contribution >= 0.6 is 0 Å². The number of aryl methyl sites for hydroxylation is 2. The maximum absolute atomic E-state index is 12.0. The molecule has 0 aliphatic rings. The van der Waals surface area contributed by atoms with Gasteiger partial charge in [-0.2, -0.15) is 0 Å². The third-order valence-corrected chi connectivity index (χ3v) is 3.93. The van der Waals surface area contributed by atoms with E-state index in [1.54, 1.807) is 13.0 Å². The van der Waals surface area contributed by atoms with Crippen molar-refractivity contribution in [2.75, 3.05) is 7.05 Å². The van der Waals surface area contributed by atoms with Crippen LogP contribution in [0.1, 0.15) is 37.5 Å². The Kier molecular flexibility index (Phi) is 7.27. The molecule has 0 spiro atoms. The Bertz CT molecular complexity index is 675. The summed E-state index contributed by atoms with van der Waals surface area (Å²) in [5.41, 5.74) is 6.17. The topological polar surface area (TPSA) is 29.1 Å². The van der Waals surface area contributed by atoms with Crippen LogP contribution in [0.3, 0.4) is 0 Å². The lowest BCUT2D eigenvalue weighted by Crippen LogP contribution is -2.02. The van der Waals surface area contributed by atoms with Crippen molar-refractivity contribution in [1.29, 1.82) is 0 Å². The van der Waals surface area contributed by atoms with Crippen LogP contribution in [-0.4, -0.2) is 12.8 Å². The average molecular weight is 309 g/mol. The first-order chi connectivity index (χ1) is 11.0. The quantitative estimate of drug-likeness (QED) is 0.581. The number of benzene rings is 1. The standard InChI is InChI=1S/C21H27NO/c1-7-18-12-11-15(3)20(14-18)21(16(4)17(5)23)19(8-2)10-9-13-22-6/h8-14,22H,2,7H2,1,3-6H3/b13-9-,19-10+,21-16+. The number of rotatable bonds is 7. The number of hydrogen-bond donors (Lipinski definition) is 1. The summed E-state index contributed by atoms with van der Waals surface area (Å²) in [6.07, 6.45) is 8.51. The van der Waals surface area contributed by atoms with Crippen molar-refractivity contribution in [3.63, 3.8) is 0 Å². The molecule has 0 atom stereocenters. The highest BCUT2D eigenvalue weighted by atomic mass is 16.1. The molecule has 122 valence electrons. The van der Waals surface area contributed by atoms with Crippen molar-refractivity contribution < 1.29 is 4.79 Å². The van der Waals surface area contributed by atoms with Gasteiger partial charge in [-0.1, -0.05) is 43.9 Å². The highest BCUT2D eigenvalue weighted by Gasteiger charge is 2.14. The maximum Gasteiger partial charge on any atom is 0.156 e. The normalized spacial score (nSPS) is 13.0. The van der Waals surface area contributed by atoms with Crippen molar-refractivity contribution >= 4 is 11.4 Å². The van der Waals surface area contributed by atoms with Crippen LogP contribution in [-0.2, 0) is 11.2 Å². The highest BCUT2D eigenvalue weighted by Crippen LogP contribution is 2.31. The van der Waals surface area contributed by atoms with Gasteiger partial charge in [-0.3, -0.25) is 4.79 Å². The molecule has 2 nitrogen and oxygen atoms in total. The number of carbonyl (C=O) groups excluding carboxylic acids is 1. The lowest BCUT2D eigenvalue weighted by atomic mass is 9.87. The van der Waals surface area contributed by atoms with E-state index in [-0.39, 0.29) is 5.78 Å². The smallest absolute Gasteiger partial charge is 0.156 e. The molecule has 0 unspecified atom stereocenters. The Morgan fingerprint density at radius 3 is 2.52 bits per heavy atom. The van der Waals surface area contributed by atoms with E-state index in [9.17, 15) is 4.79 Å². The van der Waals surface area contributed by atoms with Gasteiger partial charge >= 0.3 is 0 Å². The van der Waals surface area contributed by atoms with E-state index in [2.05, 4.69) is 43.9 Å². The minimum Gasteiger partial charge on any atom is -0.394 e. The molecule has 0 heterocycles. The number of carbonyl (C=O) groups is 1. The fraction of sp³-hybridized carbons (Fsp3) is 0.286. The molecule has 0 fully saturated rings. The summed E-state index contributed by atoms with van der Waals surface area (Å²) in [4.78, 5) is 12.0. The van der Waals surface area contributed by atoms with Crippen molar-refractivity contribution in [2.45, 2.75) is 34.1 Å². The fourth-order valence-corrected chi connectivity index (χ4v) is 2.41. The van der Waals surface area contributed by atoms with Crippen molar-refractivity contribution in [2.24, 2.45) is 0 Å². The summed E-state index contributed by atoms with van der Waals surface area (Å²) in [7, 11) is 1.85. The van der Waals surface area contributed by atoms with Gasteiger partial charge in [0.25, 0.3) is 0 Å². The SMILES string of the molecule is C=CC(=C\C=C/NC)/C(=C(/C)C(C)=O)c1cc(CC)ccc1C. The van der Waals surface area contributed by atoms with Crippen molar-refractivity contribution in [3.05, 3.63) is 77.0 Å². The monoisotopic (exact) mass is 309 g/mol. The second kappa shape index (κ2) is 8.94. The van der Waals surface area contributed by atoms with E-state index < -0.39 is 0 Å². The maximum atomic E-state index is 12.0. The van der Waals surface area contributed by atoms with Crippen LogP contribution in [0, 0.1) is 6.92 Å². The molecule has 23 heavy (non-hydrogen) atoms.